The minimum absolute atomic E-state index is 0.0195. The molecule has 1 saturated heterocycles. The first-order valence-corrected chi connectivity index (χ1v) is 7.72. The standard InChI is InChI=1S/C18H25NO2/c1-13(2)16-7-4-15(5-8-16)6-9-18(21)19-11-10-14(3)17(20)12-19/h4-9,13-14,17,20H,10-12H2,1-3H3/b9-6+. The molecule has 1 aromatic rings. The number of nitrogens with zero attached hydrogens (tertiary/aromatic N) is 1. The van der Waals surface area contributed by atoms with E-state index in [0.29, 0.717) is 12.5 Å². The molecule has 3 nitrogen and oxygen atoms in total. The van der Waals surface area contributed by atoms with Crippen molar-refractivity contribution in [2.75, 3.05) is 13.1 Å². The molecule has 21 heavy (non-hydrogen) atoms. The number of hydrogen-bond acceptors (Lipinski definition) is 2. The molecule has 0 bridgehead atoms. The summed E-state index contributed by atoms with van der Waals surface area (Å²) in [5.41, 5.74) is 2.32. The minimum atomic E-state index is -0.401. The predicted molar refractivity (Wildman–Crippen MR) is 85.9 cm³/mol. The Balaban J connectivity index is 1.95. The van der Waals surface area contributed by atoms with E-state index in [1.54, 1.807) is 11.0 Å². The van der Waals surface area contributed by atoms with Crippen molar-refractivity contribution in [2.45, 2.75) is 39.2 Å². The summed E-state index contributed by atoms with van der Waals surface area (Å²) in [5.74, 6) is 0.775. The Morgan fingerprint density at radius 3 is 2.57 bits per heavy atom. The second-order valence-corrected chi connectivity index (χ2v) is 6.27. The van der Waals surface area contributed by atoms with Gasteiger partial charge in [-0.05, 0) is 35.5 Å². The van der Waals surface area contributed by atoms with Crippen LogP contribution < -0.4 is 0 Å². The number of piperidine rings is 1. The summed E-state index contributed by atoms with van der Waals surface area (Å²) in [6.45, 7) is 7.52. The van der Waals surface area contributed by atoms with E-state index in [1.165, 1.54) is 5.56 Å². The van der Waals surface area contributed by atoms with Crippen molar-refractivity contribution < 1.29 is 9.90 Å². The summed E-state index contributed by atoms with van der Waals surface area (Å²) in [5, 5.41) is 9.85. The Bertz CT molecular complexity index is 504. The molecular formula is C18H25NO2. The van der Waals surface area contributed by atoms with Crippen LogP contribution >= 0.6 is 0 Å². The third-order valence-corrected chi connectivity index (χ3v) is 4.25. The number of β-amino-alcohol motifs (C(OH)–C–C–N with tert-alkyl or cyclic N) is 1. The Morgan fingerprint density at radius 2 is 2.00 bits per heavy atom. The van der Waals surface area contributed by atoms with E-state index in [2.05, 4.69) is 26.0 Å². The molecule has 2 unspecified atom stereocenters. The fourth-order valence-electron chi connectivity index (χ4n) is 2.51. The molecule has 1 heterocycles. The third-order valence-electron chi connectivity index (χ3n) is 4.25. The van der Waals surface area contributed by atoms with Crippen LogP contribution in [-0.2, 0) is 4.79 Å². The molecule has 1 aromatic carbocycles. The van der Waals surface area contributed by atoms with E-state index >= 15 is 0 Å². The molecule has 2 atom stereocenters. The highest BCUT2D eigenvalue weighted by Gasteiger charge is 2.26. The molecule has 1 aliphatic rings. The van der Waals surface area contributed by atoms with Crippen molar-refractivity contribution in [2.24, 2.45) is 5.92 Å². The number of hydrogen-bond donors (Lipinski definition) is 1. The first-order chi connectivity index (χ1) is 9.97. The molecule has 0 aliphatic carbocycles. The molecule has 1 N–H and O–H groups in total. The van der Waals surface area contributed by atoms with Crippen LogP contribution in [0.4, 0.5) is 0 Å². The fourth-order valence-corrected chi connectivity index (χ4v) is 2.51. The van der Waals surface area contributed by atoms with Crippen molar-refractivity contribution in [3.8, 4) is 0 Å². The van der Waals surface area contributed by atoms with E-state index in [-0.39, 0.29) is 11.8 Å². The maximum Gasteiger partial charge on any atom is 0.246 e. The number of benzene rings is 1. The van der Waals surface area contributed by atoms with Crippen molar-refractivity contribution in [3.63, 3.8) is 0 Å². The lowest BCUT2D eigenvalue weighted by Gasteiger charge is -2.33. The summed E-state index contributed by atoms with van der Waals surface area (Å²) in [6.07, 6.45) is 3.91. The fraction of sp³-hybridized carbons (Fsp3) is 0.500. The van der Waals surface area contributed by atoms with E-state index in [1.807, 2.05) is 25.1 Å². The molecule has 2 rings (SSSR count). The van der Waals surface area contributed by atoms with Crippen LogP contribution in [-0.4, -0.2) is 35.1 Å². The van der Waals surface area contributed by atoms with Gasteiger partial charge in [0.25, 0.3) is 0 Å². The number of rotatable bonds is 3. The van der Waals surface area contributed by atoms with E-state index < -0.39 is 6.10 Å². The van der Waals surface area contributed by atoms with E-state index in [4.69, 9.17) is 0 Å². The van der Waals surface area contributed by atoms with E-state index in [0.717, 1.165) is 18.5 Å². The van der Waals surface area contributed by atoms with Crippen molar-refractivity contribution in [1.29, 1.82) is 0 Å². The minimum Gasteiger partial charge on any atom is -0.391 e. The highest BCUT2D eigenvalue weighted by atomic mass is 16.3. The van der Waals surface area contributed by atoms with Gasteiger partial charge in [0.1, 0.15) is 0 Å². The zero-order valence-electron chi connectivity index (χ0n) is 13.1. The maximum absolute atomic E-state index is 12.1. The van der Waals surface area contributed by atoms with Crippen molar-refractivity contribution in [3.05, 3.63) is 41.5 Å². The SMILES string of the molecule is CC(C)c1ccc(/C=C/C(=O)N2CCC(C)C(O)C2)cc1. The number of carbonyl (C=O) groups excluding carboxylic acids is 1. The largest absolute Gasteiger partial charge is 0.391 e. The van der Waals surface area contributed by atoms with Gasteiger partial charge in [-0.3, -0.25) is 4.79 Å². The Kier molecular flexibility index (Phi) is 5.18. The molecular weight excluding hydrogens is 262 g/mol. The molecule has 0 aromatic heterocycles. The number of amides is 1. The number of aliphatic hydroxyl groups excluding tert-OH is 1. The first kappa shape index (κ1) is 15.8. The topological polar surface area (TPSA) is 40.5 Å². The van der Waals surface area contributed by atoms with Crippen LogP contribution in [0.2, 0.25) is 0 Å². The summed E-state index contributed by atoms with van der Waals surface area (Å²) in [6, 6.07) is 8.26. The molecule has 0 radical (unpaired) electrons. The highest BCUT2D eigenvalue weighted by Crippen LogP contribution is 2.18. The molecule has 0 saturated carbocycles. The van der Waals surface area contributed by atoms with Crippen LogP contribution in [0.25, 0.3) is 6.08 Å². The number of carbonyl (C=O) groups is 1. The number of likely N-dealkylation sites (tertiary alicyclic amines) is 1. The second kappa shape index (κ2) is 6.90. The predicted octanol–water partition coefficient (Wildman–Crippen LogP) is 3.05. The maximum atomic E-state index is 12.1. The van der Waals surface area contributed by atoms with Gasteiger partial charge in [0.15, 0.2) is 0 Å². The van der Waals surface area contributed by atoms with Gasteiger partial charge in [0, 0.05) is 19.2 Å². The summed E-state index contributed by atoms with van der Waals surface area (Å²) in [7, 11) is 0. The summed E-state index contributed by atoms with van der Waals surface area (Å²) in [4.78, 5) is 13.9. The average Bonchev–Trinajstić information content (AvgIpc) is 2.48. The Hall–Kier alpha value is -1.61. The van der Waals surface area contributed by atoms with Crippen molar-refractivity contribution in [1.82, 2.24) is 4.90 Å². The van der Waals surface area contributed by atoms with Gasteiger partial charge < -0.3 is 10.0 Å². The van der Waals surface area contributed by atoms with Crippen LogP contribution in [0.15, 0.2) is 30.3 Å². The lowest BCUT2D eigenvalue weighted by atomic mass is 9.96. The van der Waals surface area contributed by atoms with Gasteiger partial charge in [0.05, 0.1) is 6.10 Å². The van der Waals surface area contributed by atoms with Gasteiger partial charge in [-0.25, -0.2) is 0 Å². The van der Waals surface area contributed by atoms with Gasteiger partial charge in [0.2, 0.25) is 5.91 Å². The lowest BCUT2D eigenvalue weighted by Crippen LogP contribution is -2.45. The van der Waals surface area contributed by atoms with Crippen LogP contribution in [0.1, 0.15) is 44.2 Å². The molecule has 1 aliphatic heterocycles. The third kappa shape index (κ3) is 4.18. The van der Waals surface area contributed by atoms with Crippen LogP contribution in [0, 0.1) is 5.92 Å². The normalized spacial score (nSPS) is 23.0. The second-order valence-electron chi connectivity index (χ2n) is 6.27. The summed E-state index contributed by atoms with van der Waals surface area (Å²) < 4.78 is 0. The molecule has 114 valence electrons. The first-order valence-electron chi connectivity index (χ1n) is 7.72. The van der Waals surface area contributed by atoms with Gasteiger partial charge in [-0.15, -0.1) is 0 Å². The highest BCUT2D eigenvalue weighted by molar-refractivity contribution is 5.91. The molecule has 3 heteroatoms. The van der Waals surface area contributed by atoms with Gasteiger partial charge in [-0.1, -0.05) is 45.0 Å². The van der Waals surface area contributed by atoms with Crippen LogP contribution in [0.3, 0.4) is 0 Å². The van der Waals surface area contributed by atoms with Crippen molar-refractivity contribution >= 4 is 12.0 Å². The quantitative estimate of drug-likeness (QED) is 0.868. The van der Waals surface area contributed by atoms with Gasteiger partial charge >= 0.3 is 0 Å². The lowest BCUT2D eigenvalue weighted by molar-refractivity contribution is -0.130. The number of aliphatic hydroxyl groups is 1. The average molecular weight is 287 g/mol. The Labute approximate surface area is 127 Å². The van der Waals surface area contributed by atoms with Crippen LogP contribution in [0.5, 0.6) is 0 Å². The zero-order chi connectivity index (χ0) is 15.4. The Morgan fingerprint density at radius 1 is 1.33 bits per heavy atom. The molecule has 1 fully saturated rings. The molecule has 0 spiro atoms. The summed E-state index contributed by atoms with van der Waals surface area (Å²) >= 11 is 0. The smallest absolute Gasteiger partial charge is 0.246 e. The zero-order valence-corrected chi connectivity index (χ0v) is 13.1. The van der Waals surface area contributed by atoms with E-state index in [9.17, 15) is 9.90 Å². The van der Waals surface area contributed by atoms with Gasteiger partial charge in [-0.2, -0.15) is 0 Å². The monoisotopic (exact) mass is 287 g/mol. The molecule has 1 amide bonds.